The Morgan fingerprint density at radius 1 is 1.42 bits per heavy atom. The quantitative estimate of drug-likeness (QED) is 0.695. The standard InChI is InChI=1S/C10H21NO/c1-9(12)3-4-10-5-7-11(2)8-6-10/h9-10,12H,3-8H2,1-2H3/t9-/m1/s1. The summed E-state index contributed by atoms with van der Waals surface area (Å²) in [7, 11) is 2.19. The topological polar surface area (TPSA) is 23.5 Å². The van der Waals surface area contributed by atoms with Crippen LogP contribution in [0, 0.1) is 5.92 Å². The molecule has 1 atom stereocenters. The third kappa shape index (κ3) is 3.55. The van der Waals surface area contributed by atoms with Crippen molar-refractivity contribution >= 4 is 0 Å². The van der Waals surface area contributed by atoms with E-state index in [1.165, 1.54) is 32.4 Å². The SMILES string of the molecule is C[C@@H](O)CCC1CCN(C)CC1. The van der Waals surface area contributed by atoms with Crippen LogP contribution in [0.1, 0.15) is 32.6 Å². The molecule has 0 aromatic carbocycles. The highest BCUT2D eigenvalue weighted by atomic mass is 16.3. The fourth-order valence-corrected chi connectivity index (χ4v) is 1.83. The lowest BCUT2D eigenvalue weighted by molar-refractivity contribution is 0.154. The molecular weight excluding hydrogens is 150 g/mol. The van der Waals surface area contributed by atoms with Crippen molar-refractivity contribution in [3.05, 3.63) is 0 Å². The summed E-state index contributed by atoms with van der Waals surface area (Å²) >= 11 is 0. The van der Waals surface area contributed by atoms with Crippen LogP contribution >= 0.6 is 0 Å². The van der Waals surface area contributed by atoms with Gasteiger partial charge < -0.3 is 10.0 Å². The first-order valence-electron chi connectivity index (χ1n) is 5.05. The largest absolute Gasteiger partial charge is 0.393 e. The minimum atomic E-state index is -0.107. The maximum atomic E-state index is 9.12. The molecule has 0 saturated carbocycles. The number of aliphatic hydroxyl groups is 1. The van der Waals surface area contributed by atoms with Gasteiger partial charge in [0.1, 0.15) is 0 Å². The van der Waals surface area contributed by atoms with Gasteiger partial charge in [0.15, 0.2) is 0 Å². The molecule has 72 valence electrons. The molecule has 12 heavy (non-hydrogen) atoms. The Morgan fingerprint density at radius 2 is 2.00 bits per heavy atom. The van der Waals surface area contributed by atoms with Crippen LogP contribution in [0.5, 0.6) is 0 Å². The van der Waals surface area contributed by atoms with Gasteiger partial charge in [-0.2, -0.15) is 0 Å². The van der Waals surface area contributed by atoms with Gasteiger partial charge in [-0.15, -0.1) is 0 Å². The van der Waals surface area contributed by atoms with Crippen molar-refractivity contribution < 1.29 is 5.11 Å². The second-order valence-electron chi connectivity index (χ2n) is 4.17. The summed E-state index contributed by atoms with van der Waals surface area (Å²) in [5.41, 5.74) is 0. The summed E-state index contributed by atoms with van der Waals surface area (Å²) in [5, 5.41) is 9.12. The number of hydrogen-bond donors (Lipinski definition) is 1. The second kappa shape index (κ2) is 4.83. The molecule has 1 saturated heterocycles. The molecular formula is C10H21NO. The minimum absolute atomic E-state index is 0.107. The molecule has 2 nitrogen and oxygen atoms in total. The lowest BCUT2D eigenvalue weighted by atomic mass is 9.91. The number of likely N-dealkylation sites (tertiary alicyclic amines) is 1. The van der Waals surface area contributed by atoms with Gasteiger partial charge >= 0.3 is 0 Å². The number of hydrogen-bond acceptors (Lipinski definition) is 2. The molecule has 1 aliphatic heterocycles. The molecule has 0 amide bonds. The lowest BCUT2D eigenvalue weighted by Gasteiger charge is -2.29. The van der Waals surface area contributed by atoms with Crippen molar-refractivity contribution in [2.45, 2.75) is 38.7 Å². The van der Waals surface area contributed by atoms with E-state index in [-0.39, 0.29) is 6.10 Å². The monoisotopic (exact) mass is 171 g/mol. The summed E-state index contributed by atoms with van der Waals surface area (Å²) in [6.07, 6.45) is 4.73. The number of rotatable bonds is 3. The van der Waals surface area contributed by atoms with Crippen LogP contribution in [-0.2, 0) is 0 Å². The zero-order chi connectivity index (χ0) is 8.97. The molecule has 1 rings (SSSR count). The van der Waals surface area contributed by atoms with Crippen LogP contribution in [0.15, 0.2) is 0 Å². The lowest BCUT2D eigenvalue weighted by Crippen LogP contribution is -2.30. The second-order valence-corrected chi connectivity index (χ2v) is 4.17. The maximum Gasteiger partial charge on any atom is 0.0512 e. The molecule has 0 aromatic heterocycles. The van der Waals surface area contributed by atoms with Crippen molar-refractivity contribution in [1.82, 2.24) is 4.90 Å². The molecule has 1 aliphatic rings. The number of nitrogens with zero attached hydrogens (tertiary/aromatic N) is 1. The Bertz CT molecular complexity index is 117. The molecule has 1 N–H and O–H groups in total. The number of piperidine rings is 1. The first-order chi connectivity index (χ1) is 5.68. The number of aliphatic hydroxyl groups excluding tert-OH is 1. The smallest absolute Gasteiger partial charge is 0.0512 e. The molecule has 0 aliphatic carbocycles. The third-order valence-electron chi connectivity index (χ3n) is 2.83. The average molecular weight is 171 g/mol. The van der Waals surface area contributed by atoms with Gasteiger partial charge in [0.05, 0.1) is 6.10 Å². The van der Waals surface area contributed by atoms with Gasteiger partial charge in [0, 0.05) is 0 Å². The van der Waals surface area contributed by atoms with Crippen LogP contribution in [0.4, 0.5) is 0 Å². The first-order valence-corrected chi connectivity index (χ1v) is 5.05. The molecule has 0 bridgehead atoms. The van der Waals surface area contributed by atoms with Crippen molar-refractivity contribution in [2.24, 2.45) is 5.92 Å². The van der Waals surface area contributed by atoms with Crippen molar-refractivity contribution in [2.75, 3.05) is 20.1 Å². The van der Waals surface area contributed by atoms with Crippen LogP contribution in [0.2, 0.25) is 0 Å². The molecule has 1 heterocycles. The van der Waals surface area contributed by atoms with Crippen LogP contribution in [0.3, 0.4) is 0 Å². The average Bonchev–Trinajstić information content (AvgIpc) is 2.03. The van der Waals surface area contributed by atoms with Crippen LogP contribution in [0.25, 0.3) is 0 Å². The van der Waals surface area contributed by atoms with Crippen molar-refractivity contribution in [3.8, 4) is 0 Å². The van der Waals surface area contributed by atoms with E-state index in [0.717, 1.165) is 12.3 Å². The van der Waals surface area contributed by atoms with E-state index in [9.17, 15) is 0 Å². The fourth-order valence-electron chi connectivity index (χ4n) is 1.83. The maximum absolute atomic E-state index is 9.12. The predicted molar refractivity (Wildman–Crippen MR) is 51.1 cm³/mol. The molecule has 0 radical (unpaired) electrons. The Balaban J connectivity index is 2.09. The normalized spacial score (nSPS) is 24.2. The summed E-state index contributed by atoms with van der Waals surface area (Å²) < 4.78 is 0. The van der Waals surface area contributed by atoms with Crippen molar-refractivity contribution in [1.29, 1.82) is 0 Å². The van der Waals surface area contributed by atoms with E-state index in [0.29, 0.717) is 0 Å². The molecule has 1 fully saturated rings. The van der Waals surface area contributed by atoms with Gasteiger partial charge in [-0.1, -0.05) is 0 Å². The van der Waals surface area contributed by atoms with Crippen molar-refractivity contribution in [3.63, 3.8) is 0 Å². The molecule has 2 heteroatoms. The van der Waals surface area contributed by atoms with Crippen LogP contribution in [-0.4, -0.2) is 36.2 Å². The summed E-state index contributed by atoms with van der Waals surface area (Å²) in [6, 6.07) is 0. The highest BCUT2D eigenvalue weighted by Crippen LogP contribution is 2.21. The Hall–Kier alpha value is -0.0800. The van der Waals surface area contributed by atoms with E-state index < -0.39 is 0 Å². The third-order valence-corrected chi connectivity index (χ3v) is 2.83. The minimum Gasteiger partial charge on any atom is -0.393 e. The van der Waals surface area contributed by atoms with Gasteiger partial charge in [0.25, 0.3) is 0 Å². The first kappa shape index (κ1) is 10.0. The molecule has 0 aromatic rings. The molecule has 0 spiro atoms. The van der Waals surface area contributed by atoms with Gasteiger partial charge in [-0.3, -0.25) is 0 Å². The fraction of sp³-hybridized carbons (Fsp3) is 1.00. The van der Waals surface area contributed by atoms with E-state index in [1.807, 2.05) is 6.92 Å². The summed E-state index contributed by atoms with van der Waals surface area (Å²) in [5.74, 6) is 0.871. The summed E-state index contributed by atoms with van der Waals surface area (Å²) in [4.78, 5) is 2.39. The zero-order valence-electron chi connectivity index (χ0n) is 8.29. The Kier molecular flexibility index (Phi) is 4.02. The van der Waals surface area contributed by atoms with Crippen LogP contribution < -0.4 is 0 Å². The van der Waals surface area contributed by atoms with Gasteiger partial charge in [0.2, 0.25) is 0 Å². The van der Waals surface area contributed by atoms with E-state index in [2.05, 4.69) is 11.9 Å². The highest BCUT2D eigenvalue weighted by molar-refractivity contribution is 4.70. The Morgan fingerprint density at radius 3 is 2.50 bits per heavy atom. The van der Waals surface area contributed by atoms with Gasteiger partial charge in [-0.05, 0) is 58.7 Å². The predicted octanol–water partition coefficient (Wildman–Crippen LogP) is 1.49. The van der Waals surface area contributed by atoms with E-state index in [4.69, 9.17) is 5.11 Å². The van der Waals surface area contributed by atoms with E-state index in [1.54, 1.807) is 0 Å². The molecule has 0 unspecified atom stereocenters. The van der Waals surface area contributed by atoms with E-state index >= 15 is 0 Å². The summed E-state index contributed by atoms with van der Waals surface area (Å²) in [6.45, 7) is 4.36. The highest BCUT2D eigenvalue weighted by Gasteiger charge is 2.16. The Labute approximate surface area is 75.6 Å². The van der Waals surface area contributed by atoms with Gasteiger partial charge in [-0.25, -0.2) is 0 Å². The zero-order valence-corrected chi connectivity index (χ0v) is 8.29.